The maximum absolute atomic E-state index is 2.53. The lowest BCUT2D eigenvalue weighted by atomic mass is 9.83. The Balaban J connectivity index is 1.81. The Morgan fingerprint density at radius 1 is 0.393 bits per heavy atom. The molecule has 28 heavy (non-hydrogen) atoms. The first-order chi connectivity index (χ1) is 13.9. The molecule has 0 atom stereocenters. The zero-order valence-electron chi connectivity index (χ0n) is 15.3. The molecule has 6 aromatic carbocycles. The van der Waals surface area contributed by atoms with Gasteiger partial charge in [-0.3, -0.25) is 0 Å². The highest BCUT2D eigenvalue weighted by Crippen LogP contribution is 2.52. The minimum atomic E-state index is 1.10. The van der Waals surface area contributed by atoms with Crippen LogP contribution in [0.25, 0.3) is 65.0 Å². The van der Waals surface area contributed by atoms with Crippen LogP contribution in [0.5, 0.6) is 0 Å². The van der Waals surface area contributed by atoms with E-state index in [4.69, 9.17) is 0 Å². The molecule has 0 saturated carbocycles. The smallest absolute Gasteiger partial charge is 0.000454 e. The minimum Gasteiger partial charge on any atom is -0.0574 e. The Bertz CT molecular complexity index is 1800. The summed E-state index contributed by atoms with van der Waals surface area (Å²) in [6.07, 6.45) is 4.68. The van der Waals surface area contributed by atoms with E-state index in [1.54, 1.807) is 75.8 Å². The summed E-state index contributed by atoms with van der Waals surface area (Å²) in [5, 5.41) is 19.0. The van der Waals surface area contributed by atoms with Crippen LogP contribution in [-0.4, -0.2) is 0 Å². The monoisotopic (exact) mass is 350 g/mol. The fourth-order valence-electron chi connectivity index (χ4n) is 7.77. The van der Waals surface area contributed by atoms with Crippen molar-refractivity contribution >= 4 is 65.0 Å². The highest BCUT2D eigenvalue weighted by atomic mass is 14.4. The largest absolute Gasteiger partial charge is 0.0574 e. The van der Waals surface area contributed by atoms with Crippen LogP contribution in [0, 0.1) is 0 Å². The second-order valence-corrected chi connectivity index (χ2v) is 9.63. The van der Waals surface area contributed by atoms with E-state index in [0.29, 0.717) is 0 Å². The van der Waals surface area contributed by atoms with Gasteiger partial charge in [0, 0.05) is 0 Å². The molecule has 0 amide bonds. The molecule has 0 spiro atoms. The van der Waals surface area contributed by atoms with Gasteiger partial charge in [-0.2, -0.15) is 0 Å². The summed E-state index contributed by atoms with van der Waals surface area (Å²) < 4.78 is 0. The van der Waals surface area contributed by atoms with Crippen LogP contribution in [0.4, 0.5) is 0 Å². The maximum atomic E-state index is 2.53. The first-order valence-corrected chi connectivity index (χ1v) is 10.6. The fourth-order valence-corrected chi connectivity index (χ4v) is 7.77. The van der Waals surface area contributed by atoms with E-state index >= 15 is 0 Å². The van der Waals surface area contributed by atoms with E-state index in [2.05, 4.69) is 36.4 Å². The molecule has 0 heteroatoms. The van der Waals surface area contributed by atoms with Gasteiger partial charge in [0.15, 0.2) is 0 Å². The Kier molecular flexibility index (Phi) is 1.49. The van der Waals surface area contributed by atoms with Crippen molar-refractivity contribution in [1.82, 2.24) is 0 Å². The zero-order chi connectivity index (χ0) is 17.5. The summed E-state index contributed by atoms with van der Waals surface area (Å²) in [6.45, 7) is 0. The SMILES string of the molecule is c1cc2cc3c4c5c6c7c(cc8ccc9c%10c(c1C9)c2c4c7c8%10)CC=6CC=5C3. The maximum Gasteiger partial charge on any atom is -0.000454 e. The van der Waals surface area contributed by atoms with E-state index in [0.717, 1.165) is 6.42 Å². The normalized spacial score (nSPS) is 18.0. The lowest BCUT2D eigenvalue weighted by Crippen LogP contribution is -2.24. The van der Waals surface area contributed by atoms with Crippen LogP contribution in [-0.2, 0) is 19.3 Å². The van der Waals surface area contributed by atoms with Crippen molar-refractivity contribution in [1.29, 1.82) is 0 Å². The van der Waals surface area contributed by atoms with Gasteiger partial charge in [-0.1, -0.05) is 47.5 Å². The second kappa shape index (κ2) is 3.37. The van der Waals surface area contributed by atoms with Gasteiger partial charge in [0.2, 0.25) is 0 Å². The molecule has 0 aliphatic heterocycles. The first-order valence-electron chi connectivity index (χ1n) is 10.6. The Hall–Kier alpha value is -3.12. The third-order valence-electron chi connectivity index (χ3n) is 8.52. The number of hydrogen-bond donors (Lipinski definition) is 0. The van der Waals surface area contributed by atoms with Gasteiger partial charge in [-0.05, 0) is 112 Å². The summed E-state index contributed by atoms with van der Waals surface area (Å²) in [4.78, 5) is 0. The number of hydrogen-bond acceptors (Lipinski definition) is 0. The summed E-state index contributed by atoms with van der Waals surface area (Å²) in [6, 6.07) is 14.7. The van der Waals surface area contributed by atoms with Gasteiger partial charge in [0.25, 0.3) is 0 Å². The second-order valence-electron chi connectivity index (χ2n) is 9.63. The van der Waals surface area contributed by atoms with E-state index in [-0.39, 0.29) is 0 Å². The van der Waals surface area contributed by atoms with Crippen LogP contribution in [0.2, 0.25) is 0 Å². The molecule has 4 aliphatic rings. The fraction of sp³-hybridized carbons (Fsp3) is 0.143. The Labute approximate surface area is 160 Å². The quantitative estimate of drug-likeness (QED) is 0.265. The average molecular weight is 350 g/mol. The van der Waals surface area contributed by atoms with Crippen molar-refractivity contribution in [3.05, 3.63) is 69.1 Å². The van der Waals surface area contributed by atoms with Crippen molar-refractivity contribution in [2.75, 3.05) is 0 Å². The summed E-state index contributed by atoms with van der Waals surface area (Å²) in [5.41, 5.74) is 9.68. The number of benzene rings is 6. The van der Waals surface area contributed by atoms with Gasteiger partial charge in [-0.15, -0.1) is 0 Å². The molecule has 4 aliphatic carbocycles. The standard InChI is InChI=1S/C28H14/c1-3-13-6-15-8-17-10-18-9-16-7-14-4-2-12-5-11(1)19-20(12)22(14)28-26(16)24(18)23(17)25(15)27(28)21(13)19/h1-4,6-7H,5,8-10H2. The van der Waals surface area contributed by atoms with Gasteiger partial charge >= 0.3 is 0 Å². The summed E-state index contributed by atoms with van der Waals surface area (Å²) in [7, 11) is 0. The van der Waals surface area contributed by atoms with Crippen LogP contribution in [0.1, 0.15) is 28.7 Å². The Morgan fingerprint density at radius 3 is 1.46 bits per heavy atom. The van der Waals surface area contributed by atoms with E-state index in [1.807, 2.05) is 0 Å². The first kappa shape index (κ1) is 12.4. The highest BCUT2D eigenvalue weighted by Gasteiger charge is 2.34. The molecule has 0 heterocycles. The molecular weight excluding hydrogens is 336 g/mol. The van der Waals surface area contributed by atoms with E-state index < -0.39 is 0 Å². The predicted octanol–water partition coefficient (Wildman–Crippen LogP) is 5.05. The van der Waals surface area contributed by atoms with Crippen LogP contribution >= 0.6 is 0 Å². The molecule has 0 unspecified atom stereocenters. The Morgan fingerprint density at radius 2 is 0.929 bits per heavy atom. The van der Waals surface area contributed by atoms with Crippen molar-refractivity contribution in [3.63, 3.8) is 0 Å². The van der Waals surface area contributed by atoms with Crippen LogP contribution in [0.3, 0.4) is 0 Å². The number of rotatable bonds is 0. The molecule has 0 nitrogen and oxygen atoms in total. The minimum absolute atomic E-state index is 1.10. The average Bonchev–Trinajstić information content (AvgIpc) is 3.42. The highest BCUT2D eigenvalue weighted by molar-refractivity contribution is 6.42. The molecule has 0 aromatic heterocycles. The van der Waals surface area contributed by atoms with Gasteiger partial charge < -0.3 is 0 Å². The molecular formula is C28H14. The molecule has 0 bridgehead atoms. The molecule has 0 fully saturated rings. The van der Waals surface area contributed by atoms with Crippen LogP contribution < -0.4 is 10.4 Å². The summed E-state index contributed by atoms with van der Waals surface area (Å²) in [5.74, 6) is 0. The molecule has 10 rings (SSSR count). The molecule has 0 radical (unpaired) electrons. The molecule has 6 aromatic rings. The van der Waals surface area contributed by atoms with Crippen molar-refractivity contribution in [2.24, 2.45) is 0 Å². The van der Waals surface area contributed by atoms with Crippen molar-refractivity contribution < 1.29 is 0 Å². The van der Waals surface area contributed by atoms with Gasteiger partial charge in [-0.25, -0.2) is 0 Å². The van der Waals surface area contributed by atoms with Gasteiger partial charge in [0.1, 0.15) is 0 Å². The van der Waals surface area contributed by atoms with Crippen molar-refractivity contribution in [3.8, 4) is 0 Å². The van der Waals surface area contributed by atoms with Gasteiger partial charge in [0.05, 0.1) is 0 Å². The molecule has 0 N–H and O–H groups in total. The topological polar surface area (TPSA) is 0 Å². The van der Waals surface area contributed by atoms with E-state index in [1.165, 1.54) is 41.2 Å². The van der Waals surface area contributed by atoms with Crippen molar-refractivity contribution in [2.45, 2.75) is 25.7 Å². The third kappa shape index (κ3) is 0.959. The lowest BCUT2D eigenvalue weighted by molar-refractivity contribution is 1.21. The predicted molar refractivity (Wildman–Crippen MR) is 117 cm³/mol. The summed E-state index contributed by atoms with van der Waals surface area (Å²) >= 11 is 0. The molecule has 0 saturated heterocycles. The third-order valence-corrected chi connectivity index (χ3v) is 8.52. The van der Waals surface area contributed by atoms with Crippen LogP contribution in [0.15, 0.2) is 36.4 Å². The van der Waals surface area contributed by atoms with E-state index in [9.17, 15) is 0 Å². The lowest BCUT2D eigenvalue weighted by Gasteiger charge is -2.19. The zero-order valence-corrected chi connectivity index (χ0v) is 15.3. The molecule has 126 valence electrons.